The van der Waals surface area contributed by atoms with Gasteiger partial charge < -0.3 is 20.3 Å². The molecule has 0 aliphatic carbocycles. The molecule has 10 heteroatoms. The number of ether oxygens (including phenoxy) is 1. The molecule has 0 bridgehead atoms. The third-order valence-corrected chi connectivity index (χ3v) is 7.11. The van der Waals surface area contributed by atoms with Gasteiger partial charge in [0.15, 0.2) is 0 Å². The Morgan fingerprint density at radius 2 is 1.87 bits per heavy atom. The number of aromatic nitrogens is 2. The van der Waals surface area contributed by atoms with E-state index in [0.717, 1.165) is 16.9 Å². The van der Waals surface area contributed by atoms with E-state index in [-0.39, 0.29) is 18.1 Å². The van der Waals surface area contributed by atoms with Gasteiger partial charge in [0.2, 0.25) is 5.95 Å². The molecule has 2 heterocycles. The van der Waals surface area contributed by atoms with Crippen molar-refractivity contribution in [2.24, 2.45) is 0 Å². The number of nitrogens with one attached hydrogen (secondary N) is 2. The molecule has 3 aromatic carbocycles. The van der Waals surface area contributed by atoms with E-state index in [2.05, 4.69) is 10.6 Å². The lowest BCUT2D eigenvalue weighted by Gasteiger charge is -2.29. The van der Waals surface area contributed by atoms with Crippen molar-refractivity contribution in [1.29, 1.82) is 0 Å². The van der Waals surface area contributed by atoms with Gasteiger partial charge in [-0.1, -0.05) is 47.5 Å². The van der Waals surface area contributed by atoms with Crippen LogP contribution >= 0.6 is 23.2 Å². The number of carbonyl (C=O) groups is 1. The van der Waals surface area contributed by atoms with Crippen LogP contribution in [-0.4, -0.2) is 34.1 Å². The lowest BCUT2D eigenvalue weighted by molar-refractivity contribution is 0.205. The average molecular weight is 564 g/mol. The molecule has 0 atom stereocenters. The molecule has 8 nitrogen and oxygen atoms in total. The molecule has 1 aromatic heterocycles. The standard InChI is InChI=1S/C29H27Cl2N5O3/c1-18-4-3-5-21(14-18)36-27(37)23-17-35(29(38)34-26-11-8-20(30)15-24(26)31)13-12-25(23)33-28(36)32-16-19-6-9-22(39-2)10-7-19/h3-11,14-15H,12-13,16-17H2,1-2H3,(H,32,33)(H,34,38). The zero-order chi connectivity index (χ0) is 27.5. The molecule has 0 fully saturated rings. The zero-order valence-electron chi connectivity index (χ0n) is 21.5. The number of anilines is 2. The maximum absolute atomic E-state index is 13.9. The van der Waals surface area contributed by atoms with E-state index < -0.39 is 0 Å². The molecular formula is C29H27Cl2N5O3. The summed E-state index contributed by atoms with van der Waals surface area (Å²) in [6.07, 6.45) is 0.443. The predicted octanol–water partition coefficient (Wildman–Crippen LogP) is 6.06. The Bertz CT molecular complexity index is 1590. The van der Waals surface area contributed by atoms with Gasteiger partial charge in [-0.3, -0.25) is 4.79 Å². The zero-order valence-corrected chi connectivity index (χ0v) is 23.0. The highest BCUT2D eigenvalue weighted by Crippen LogP contribution is 2.27. The summed E-state index contributed by atoms with van der Waals surface area (Å²) in [5.41, 5.74) is 4.11. The summed E-state index contributed by atoms with van der Waals surface area (Å²) >= 11 is 12.2. The molecule has 5 rings (SSSR count). The van der Waals surface area contributed by atoms with Crippen molar-refractivity contribution in [3.05, 3.63) is 110 Å². The van der Waals surface area contributed by atoms with E-state index in [1.54, 1.807) is 34.8 Å². The molecule has 200 valence electrons. The van der Waals surface area contributed by atoms with Crippen LogP contribution in [0.3, 0.4) is 0 Å². The highest BCUT2D eigenvalue weighted by molar-refractivity contribution is 6.36. The Labute approximate surface area is 236 Å². The molecule has 0 spiro atoms. The number of hydrogen-bond acceptors (Lipinski definition) is 5. The number of rotatable bonds is 6. The van der Waals surface area contributed by atoms with Crippen molar-refractivity contribution in [1.82, 2.24) is 14.5 Å². The molecule has 1 aliphatic rings. The minimum absolute atomic E-state index is 0.128. The van der Waals surface area contributed by atoms with Gasteiger partial charge in [0, 0.05) is 24.5 Å². The summed E-state index contributed by atoms with van der Waals surface area (Å²) < 4.78 is 6.82. The second-order valence-electron chi connectivity index (χ2n) is 9.27. The Balaban J connectivity index is 1.45. The van der Waals surface area contributed by atoms with Crippen molar-refractivity contribution >= 4 is 40.9 Å². The van der Waals surface area contributed by atoms with Gasteiger partial charge >= 0.3 is 6.03 Å². The number of nitrogens with zero attached hydrogens (tertiary/aromatic N) is 3. The third-order valence-electron chi connectivity index (χ3n) is 6.56. The molecule has 0 saturated heterocycles. The number of methoxy groups -OCH3 is 1. The van der Waals surface area contributed by atoms with Crippen LogP contribution in [0.2, 0.25) is 10.0 Å². The minimum atomic E-state index is -0.354. The van der Waals surface area contributed by atoms with Crippen LogP contribution in [-0.2, 0) is 19.5 Å². The van der Waals surface area contributed by atoms with Gasteiger partial charge in [-0.2, -0.15) is 0 Å². The first-order valence-electron chi connectivity index (χ1n) is 12.4. The summed E-state index contributed by atoms with van der Waals surface area (Å²) in [5, 5.41) is 6.97. The SMILES string of the molecule is COc1ccc(CNc2nc3c(c(=O)n2-c2cccc(C)c2)CN(C(=O)Nc2ccc(Cl)cc2Cl)CC3)cc1. The lowest BCUT2D eigenvalue weighted by Crippen LogP contribution is -2.43. The van der Waals surface area contributed by atoms with Gasteiger partial charge in [-0.15, -0.1) is 0 Å². The second-order valence-corrected chi connectivity index (χ2v) is 10.1. The number of hydrogen-bond donors (Lipinski definition) is 2. The Morgan fingerprint density at radius 3 is 2.59 bits per heavy atom. The summed E-state index contributed by atoms with van der Waals surface area (Å²) in [6, 6.07) is 19.9. The van der Waals surface area contributed by atoms with Crippen molar-refractivity contribution in [2.45, 2.75) is 26.4 Å². The number of amides is 2. The predicted molar refractivity (Wildman–Crippen MR) is 154 cm³/mol. The highest BCUT2D eigenvalue weighted by atomic mass is 35.5. The smallest absolute Gasteiger partial charge is 0.322 e. The average Bonchev–Trinajstić information content (AvgIpc) is 2.93. The molecule has 39 heavy (non-hydrogen) atoms. The van der Waals surface area contributed by atoms with Crippen LogP contribution in [0.15, 0.2) is 71.5 Å². The van der Waals surface area contributed by atoms with E-state index in [1.165, 1.54) is 0 Å². The van der Waals surface area contributed by atoms with Crippen molar-refractivity contribution in [3.63, 3.8) is 0 Å². The summed E-state index contributed by atoms with van der Waals surface area (Å²) in [4.78, 5) is 33.4. The summed E-state index contributed by atoms with van der Waals surface area (Å²) in [7, 11) is 1.63. The Kier molecular flexibility index (Phi) is 7.77. The first-order valence-corrected chi connectivity index (χ1v) is 13.2. The summed E-state index contributed by atoms with van der Waals surface area (Å²) in [6.45, 7) is 2.97. The number of carbonyl (C=O) groups excluding carboxylic acids is 1. The molecular weight excluding hydrogens is 537 g/mol. The summed E-state index contributed by atoms with van der Waals surface area (Å²) in [5.74, 6) is 1.22. The fourth-order valence-electron chi connectivity index (χ4n) is 4.48. The van der Waals surface area contributed by atoms with E-state index in [0.29, 0.717) is 58.1 Å². The molecule has 2 amide bonds. The van der Waals surface area contributed by atoms with Crippen LogP contribution in [0, 0.1) is 6.92 Å². The molecule has 0 unspecified atom stereocenters. The maximum atomic E-state index is 13.9. The molecule has 0 radical (unpaired) electrons. The number of urea groups is 1. The van der Waals surface area contributed by atoms with E-state index in [4.69, 9.17) is 32.9 Å². The third kappa shape index (κ3) is 5.87. The first-order chi connectivity index (χ1) is 18.8. The fourth-order valence-corrected chi connectivity index (χ4v) is 4.94. The van der Waals surface area contributed by atoms with Crippen molar-refractivity contribution in [2.75, 3.05) is 24.3 Å². The lowest BCUT2D eigenvalue weighted by atomic mass is 10.1. The van der Waals surface area contributed by atoms with E-state index in [1.807, 2.05) is 55.5 Å². The first kappa shape index (κ1) is 26.6. The van der Waals surface area contributed by atoms with Gasteiger partial charge in [-0.25, -0.2) is 14.3 Å². The normalized spacial score (nSPS) is 12.6. The van der Waals surface area contributed by atoms with Crippen LogP contribution in [0.25, 0.3) is 5.69 Å². The number of fused-ring (bicyclic) bond motifs is 1. The van der Waals surface area contributed by atoms with E-state index in [9.17, 15) is 9.59 Å². The largest absolute Gasteiger partial charge is 0.497 e. The number of aryl methyl sites for hydroxylation is 1. The van der Waals surface area contributed by atoms with Crippen molar-refractivity contribution in [3.8, 4) is 11.4 Å². The molecule has 2 N–H and O–H groups in total. The van der Waals surface area contributed by atoms with E-state index >= 15 is 0 Å². The maximum Gasteiger partial charge on any atom is 0.322 e. The molecule has 1 aliphatic heterocycles. The fraction of sp³-hybridized carbons (Fsp3) is 0.207. The molecule has 0 saturated carbocycles. The highest BCUT2D eigenvalue weighted by Gasteiger charge is 2.27. The quantitative estimate of drug-likeness (QED) is 0.297. The topological polar surface area (TPSA) is 88.5 Å². The molecule has 4 aromatic rings. The van der Waals surface area contributed by atoms with Gasteiger partial charge in [-0.05, 0) is 60.5 Å². The second kappa shape index (κ2) is 11.4. The van der Waals surface area contributed by atoms with Gasteiger partial charge in [0.05, 0.1) is 41.3 Å². The van der Waals surface area contributed by atoms with Crippen molar-refractivity contribution < 1.29 is 9.53 Å². The van der Waals surface area contributed by atoms with Crippen LogP contribution in [0.5, 0.6) is 5.75 Å². The number of benzene rings is 3. The van der Waals surface area contributed by atoms with Crippen LogP contribution in [0.1, 0.15) is 22.4 Å². The monoisotopic (exact) mass is 563 g/mol. The van der Waals surface area contributed by atoms with Crippen LogP contribution < -0.4 is 20.9 Å². The minimum Gasteiger partial charge on any atom is -0.497 e. The van der Waals surface area contributed by atoms with Gasteiger partial charge in [0.25, 0.3) is 5.56 Å². The Morgan fingerprint density at radius 1 is 1.08 bits per heavy atom. The van der Waals surface area contributed by atoms with Crippen LogP contribution in [0.4, 0.5) is 16.4 Å². The Hall–Kier alpha value is -4.01. The van der Waals surface area contributed by atoms with Gasteiger partial charge in [0.1, 0.15) is 5.75 Å². The number of halogens is 2.